The van der Waals surface area contributed by atoms with Gasteiger partial charge in [0.2, 0.25) is 5.91 Å². The second-order valence-corrected chi connectivity index (χ2v) is 5.55. The van der Waals surface area contributed by atoms with E-state index in [9.17, 15) is 9.59 Å². The number of aromatic amines is 1. The summed E-state index contributed by atoms with van der Waals surface area (Å²) in [6, 6.07) is 7.68. The number of nitrogens with zero attached hydrogens (tertiary/aromatic N) is 2. The van der Waals surface area contributed by atoms with Crippen molar-refractivity contribution in [2.24, 2.45) is 0 Å². The van der Waals surface area contributed by atoms with Crippen molar-refractivity contribution in [2.75, 3.05) is 6.54 Å². The third kappa shape index (κ3) is 3.00. The number of carbonyl (C=O) groups excluding carboxylic acids is 2. The van der Waals surface area contributed by atoms with Gasteiger partial charge in [0.25, 0.3) is 5.91 Å². The molecule has 1 aliphatic heterocycles. The first kappa shape index (κ1) is 14.3. The molecule has 22 heavy (non-hydrogen) atoms. The first-order chi connectivity index (χ1) is 10.6. The molecule has 0 saturated carbocycles. The molecule has 0 unspecified atom stereocenters. The van der Waals surface area contributed by atoms with E-state index in [0.29, 0.717) is 25.1 Å². The standard InChI is InChI=1S/C16H18N4O2/c1-11-2-4-12(5-3-11)10-20-7-6-14(16(20)22)19-15(21)13-8-17-18-9-13/h2-5,8-9,14H,6-7,10H2,1H3,(H,17,18)(H,19,21)/t14-/m0/s1. The molecule has 1 aromatic heterocycles. The maximum Gasteiger partial charge on any atom is 0.255 e. The maximum atomic E-state index is 12.4. The van der Waals surface area contributed by atoms with E-state index in [1.165, 1.54) is 18.0 Å². The molecule has 2 heterocycles. The van der Waals surface area contributed by atoms with Crippen LogP contribution < -0.4 is 5.32 Å². The lowest BCUT2D eigenvalue weighted by molar-refractivity contribution is -0.129. The van der Waals surface area contributed by atoms with Crippen molar-refractivity contribution in [3.8, 4) is 0 Å². The fraction of sp³-hybridized carbons (Fsp3) is 0.312. The van der Waals surface area contributed by atoms with Gasteiger partial charge in [0.05, 0.1) is 11.8 Å². The van der Waals surface area contributed by atoms with Gasteiger partial charge in [-0.3, -0.25) is 14.7 Å². The first-order valence-corrected chi connectivity index (χ1v) is 7.27. The van der Waals surface area contributed by atoms with Gasteiger partial charge in [-0.2, -0.15) is 5.10 Å². The summed E-state index contributed by atoms with van der Waals surface area (Å²) in [6.07, 6.45) is 3.59. The molecule has 2 aromatic rings. The number of likely N-dealkylation sites (tertiary alicyclic amines) is 1. The highest BCUT2D eigenvalue weighted by molar-refractivity contribution is 5.97. The van der Waals surface area contributed by atoms with E-state index in [1.54, 1.807) is 4.90 Å². The summed E-state index contributed by atoms with van der Waals surface area (Å²) in [5, 5.41) is 9.09. The number of hydrogen-bond donors (Lipinski definition) is 2. The molecular formula is C16H18N4O2. The quantitative estimate of drug-likeness (QED) is 0.891. The normalized spacial score (nSPS) is 17.8. The zero-order chi connectivity index (χ0) is 15.5. The minimum Gasteiger partial charge on any atom is -0.340 e. The molecule has 1 saturated heterocycles. The van der Waals surface area contributed by atoms with Crippen LogP contribution in [-0.2, 0) is 11.3 Å². The lowest BCUT2D eigenvalue weighted by atomic mass is 10.1. The summed E-state index contributed by atoms with van der Waals surface area (Å²) >= 11 is 0. The van der Waals surface area contributed by atoms with Crippen molar-refractivity contribution >= 4 is 11.8 Å². The van der Waals surface area contributed by atoms with Crippen LogP contribution in [-0.4, -0.2) is 39.5 Å². The molecule has 0 aliphatic carbocycles. The molecule has 1 fully saturated rings. The van der Waals surface area contributed by atoms with Gasteiger partial charge in [0.15, 0.2) is 0 Å². The Morgan fingerprint density at radius 2 is 2.18 bits per heavy atom. The SMILES string of the molecule is Cc1ccc(CN2CC[C@H](NC(=O)c3cn[nH]c3)C2=O)cc1. The molecule has 3 rings (SSSR count). The van der Waals surface area contributed by atoms with Crippen LogP contribution in [0.4, 0.5) is 0 Å². The van der Waals surface area contributed by atoms with Crippen LogP contribution in [0.15, 0.2) is 36.7 Å². The fourth-order valence-electron chi connectivity index (χ4n) is 2.56. The molecule has 0 bridgehead atoms. The number of carbonyl (C=O) groups is 2. The molecule has 1 aliphatic rings. The number of benzene rings is 1. The van der Waals surface area contributed by atoms with Crippen LogP contribution in [0, 0.1) is 6.92 Å². The van der Waals surface area contributed by atoms with Crippen molar-refractivity contribution in [1.82, 2.24) is 20.4 Å². The van der Waals surface area contributed by atoms with E-state index in [0.717, 1.165) is 5.56 Å². The third-order valence-corrected chi connectivity index (χ3v) is 3.86. The average molecular weight is 298 g/mol. The molecule has 2 N–H and O–H groups in total. The lowest BCUT2D eigenvalue weighted by Crippen LogP contribution is -2.41. The van der Waals surface area contributed by atoms with E-state index < -0.39 is 6.04 Å². The lowest BCUT2D eigenvalue weighted by Gasteiger charge is -2.17. The van der Waals surface area contributed by atoms with Crippen LogP contribution in [0.25, 0.3) is 0 Å². The van der Waals surface area contributed by atoms with E-state index in [2.05, 4.69) is 15.5 Å². The van der Waals surface area contributed by atoms with Crippen LogP contribution in [0.2, 0.25) is 0 Å². The van der Waals surface area contributed by atoms with Gasteiger partial charge in [-0.1, -0.05) is 29.8 Å². The zero-order valence-electron chi connectivity index (χ0n) is 12.4. The molecule has 1 aromatic carbocycles. The van der Waals surface area contributed by atoms with Gasteiger partial charge in [-0.15, -0.1) is 0 Å². The Hall–Kier alpha value is -2.63. The second kappa shape index (κ2) is 6.01. The molecule has 2 amide bonds. The largest absolute Gasteiger partial charge is 0.340 e. The molecule has 1 atom stereocenters. The summed E-state index contributed by atoms with van der Waals surface area (Å²) in [4.78, 5) is 26.1. The fourth-order valence-corrected chi connectivity index (χ4v) is 2.56. The van der Waals surface area contributed by atoms with Crippen molar-refractivity contribution < 1.29 is 9.59 Å². The Morgan fingerprint density at radius 3 is 2.86 bits per heavy atom. The van der Waals surface area contributed by atoms with Crippen LogP contribution in [0.5, 0.6) is 0 Å². The van der Waals surface area contributed by atoms with E-state index in [-0.39, 0.29) is 11.8 Å². The number of amides is 2. The molecular weight excluding hydrogens is 280 g/mol. The summed E-state index contributed by atoms with van der Waals surface area (Å²) in [6.45, 7) is 3.27. The Bertz CT molecular complexity index is 664. The second-order valence-electron chi connectivity index (χ2n) is 5.55. The van der Waals surface area contributed by atoms with Crippen LogP contribution in [0.3, 0.4) is 0 Å². The van der Waals surface area contributed by atoms with Gasteiger partial charge >= 0.3 is 0 Å². The summed E-state index contributed by atoms with van der Waals surface area (Å²) < 4.78 is 0. The van der Waals surface area contributed by atoms with Crippen LogP contribution >= 0.6 is 0 Å². The Labute approximate surface area is 128 Å². The molecule has 0 radical (unpaired) electrons. The van der Waals surface area contributed by atoms with Gasteiger partial charge in [0.1, 0.15) is 6.04 Å². The van der Waals surface area contributed by atoms with Crippen molar-refractivity contribution in [3.63, 3.8) is 0 Å². The summed E-state index contributed by atoms with van der Waals surface area (Å²) in [5.74, 6) is -0.304. The van der Waals surface area contributed by atoms with Crippen molar-refractivity contribution in [2.45, 2.75) is 25.9 Å². The smallest absolute Gasteiger partial charge is 0.255 e. The Morgan fingerprint density at radius 1 is 1.41 bits per heavy atom. The minimum absolute atomic E-state index is 0.0302. The Kier molecular flexibility index (Phi) is 3.91. The highest BCUT2D eigenvalue weighted by Crippen LogP contribution is 2.16. The predicted octanol–water partition coefficient (Wildman–Crippen LogP) is 1.25. The van der Waals surface area contributed by atoms with Gasteiger partial charge in [0, 0.05) is 19.3 Å². The number of aryl methyl sites for hydroxylation is 1. The van der Waals surface area contributed by atoms with E-state index in [4.69, 9.17) is 0 Å². The monoisotopic (exact) mass is 298 g/mol. The number of hydrogen-bond acceptors (Lipinski definition) is 3. The van der Waals surface area contributed by atoms with E-state index >= 15 is 0 Å². The van der Waals surface area contributed by atoms with E-state index in [1.807, 2.05) is 31.2 Å². The Balaban J connectivity index is 1.60. The number of rotatable bonds is 4. The maximum absolute atomic E-state index is 12.4. The van der Waals surface area contributed by atoms with Crippen molar-refractivity contribution in [3.05, 3.63) is 53.3 Å². The average Bonchev–Trinajstić information content (AvgIpc) is 3.15. The summed E-state index contributed by atoms with van der Waals surface area (Å²) in [5.41, 5.74) is 2.73. The third-order valence-electron chi connectivity index (χ3n) is 3.86. The van der Waals surface area contributed by atoms with Gasteiger partial charge in [-0.05, 0) is 18.9 Å². The number of aromatic nitrogens is 2. The minimum atomic E-state index is -0.451. The molecule has 6 nitrogen and oxygen atoms in total. The summed E-state index contributed by atoms with van der Waals surface area (Å²) in [7, 11) is 0. The molecule has 0 spiro atoms. The topological polar surface area (TPSA) is 78.1 Å². The zero-order valence-corrected chi connectivity index (χ0v) is 12.4. The highest BCUT2D eigenvalue weighted by Gasteiger charge is 2.32. The van der Waals surface area contributed by atoms with Gasteiger partial charge in [-0.25, -0.2) is 0 Å². The predicted molar refractivity (Wildman–Crippen MR) is 81.1 cm³/mol. The first-order valence-electron chi connectivity index (χ1n) is 7.27. The van der Waals surface area contributed by atoms with Gasteiger partial charge < -0.3 is 10.2 Å². The molecule has 114 valence electrons. The number of nitrogens with one attached hydrogen (secondary N) is 2. The number of H-pyrrole nitrogens is 1. The molecule has 6 heteroatoms. The van der Waals surface area contributed by atoms with Crippen molar-refractivity contribution in [1.29, 1.82) is 0 Å². The van der Waals surface area contributed by atoms with Crippen LogP contribution in [0.1, 0.15) is 27.9 Å². The highest BCUT2D eigenvalue weighted by atomic mass is 16.2.